The number of rotatable bonds is 9. The SMILES string of the molecule is COc1ccc2c(c1)[C@@](O)([C@H](C)/C=C/CCO)C(=O)N2Cc1ccc(NC(=O)[C@H]2O[C@@H](O)[C@H](O)[C@@H](O)[C@@H]2O)cc1. The van der Waals surface area contributed by atoms with Crippen LogP contribution in [0, 0.1) is 5.92 Å². The van der Waals surface area contributed by atoms with Gasteiger partial charge in [0.05, 0.1) is 19.3 Å². The third kappa shape index (κ3) is 5.47. The average molecular weight is 559 g/mol. The van der Waals surface area contributed by atoms with Crippen LogP contribution in [0.25, 0.3) is 0 Å². The van der Waals surface area contributed by atoms with Gasteiger partial charge >= 0.3 is 0 Å². The molecule has 2 amide bonds. The second-order valence-corrected chi connectivity index (χ2v) is 9.88. The normalized spacial score (nSPS) is 28.9. The highest BCUT2D eigenvalue weighted by atomic mass is 16.6. The fourth-order valence-corrected chi connectivity index (χ4v) is 4.89. The van der Waals surface area contributed by atoms with Gasteiger partial charge in [-0.3, -0.25) is 9.59 Å². The predicted molar refractivity (Wildman–Crippen MR) is 142 cm³/mol. The van der Waals surface area contributed by atoms with Crippen molar-refractivity contribution in [3.8, 4) is 5.75 Å². The Labute approximate surface area is 230 Å². The first-order chi connectivity index (χ1) is 19.0. The van der Waals surface area contributed by atoms with E-state index in [1.807, 2.05) is 0 Å². The molecule has 12 heteroatoms. The average Bonchev–Trinajstić information content (AvgIpc) is 3.16. The van der Waals surface area contributed by atoms with Crippen LogP contribution in [0.1, 0.15) is 24.5 Å². The number of hydrogen-bond donors (Lipinski definition) is 7. The predicted octanol–water partition coefficient (Wildman–Crippen LogP) is -0.257. The highest BCUT2D eigenvalue weighted by molar-refractivity contribution is 6.07. The molecule has 2 aliphatic heterocycles. The van der Waals surface area contributed by atoms with Crippen molar-refractivity contribution in [2.75, 3.05) is 23.9 Å². The van der Waals surface area contributed by atoms with E-state index in [-0.39, 0.29) is 13.2 Å². The highest BCUT2D eigenvalue weighted by Crippen LogP contribution is 2.47. The Morgan fingerprint density at radius 3 is 2.48 bits per heavy atom. The van der Waals surface area contributed by atoms with Crippen molar-refractivity contribution >= 4 is 23.2 Å². The van der Waals surface area contributed by atoms with Crippen molar-refractivity contribution < 1.29 is 49.7 Å². The van der Waals surface area contributed by atoms with Crippen LogP contribution >= 0.6 is 0 Å². The van der Waals surface area contributed by atoms with Crippen molar-refractivity contribution in [2.24, 2.45) is 5.92 Å². The van der Waals surface area contributed by atoms with Gasteiger partial charge in [-0.05, 0) is 42.3 Å². The van der Waals surface area contributed by atoms with E-state index in [4.69, 9.17) is 14.6 Å². The summed E-state index contributed by atoms with van der Waals surface area (Å²) in [5.74, 6) is -1.47. The minimum atomic E-state index is -1.85. The summed E-state index contributed by atoms with van der Waals surface area (Å²) in [4.78, 5) is 27.7. The molecule has 7 atom stereocenters. The Morgan fingerprint density at radius 1 is 1.12 bits per heavy atom. The van der Waals surface area contributed by atoms with E-state index in [1.54, 1.807) is 61.5 Å². The zero-order chi connectivity index (χ0) is 29.2. The number of anilines is 2. The molecule has 2 aromatic rings. The van der Waals surface area contributed by atoms with Crippen molar-refractivity contribution in [1.82, 2.24) is 0 Å². The summed E-state index contributed by atoms with van der Waals surface area (Å²) < 4.78 is 10.3. The Bertz CT molecular complexity index is 1250. The van der Waals surface area contributed by atoms with Crippen LogP contribution in [-0.2, 0) is 26.5 Å². The zero-order valence-electron chi connectivity index (χ0n) is 22.0. The largest absolute Gasteiger partial charge is 0.497 e. The number of hydrogen-bond acceptors (Lipinski definition) is 10. The molecule has 0 radical (unpaired) electrons. The number of nitrogens with one attached hydrogen (secondary N) is 1. The quantitative estimate of drug-likeness (QED) is 0.202. The number of benzene rings is 2. The van der Waals surface area contributed by atoms with Gasteiger partial charge in [0.2, 0.25) is 0 Å². The summed E-state index contributed by atoms with van der Waals surface area (Å²) in [7, 11) is 1.49. The maximum Gasteiger partial charge on any atom is 0.264 e. The number of carbonyl (C=O) groups is 2. The van der Waals surface area contributed by atoms with Crippen LogP contribution in [0.15, 0.2) is 54.6 Å². The summed E-state index contributed by atoms with van der Waals surface area (Å²) in [6.45, 7) is 1.79. The summed E-state index contributed by atoms with van der Waals surface area (Å²) in [6, 6.07) is 11.5. The first-order valence-corrected chi connectivity index (χ1v) is 12.8. The van der Waals surface area contributed by atoms with Gasteiger partial charge in [-0.1, -0.05) is 31.2 Å². The molecule has 0 spiro atoms. The van der Waals surface area contributed by atoms with Crippen LogP contribution in [-0.4, -0.2) is 86.9 Å². The standard InChI is InChI=1S/C28H34N2O10/c1-15(5-3-4-12-31)28(38)19-13-18(39-2)10-11-20(19)30(27(28)37)14-16-6-8-17(9-7-16)29-25(35)24-22(33)21(32)23(34)26(36)40-24/h3,5-11,13,15,21-24,26,31-34,36,38H,4,12,14H2,1-2H3,(H,29,35)/b5-3+/t15-,21+,22+,23-,24+,26-,28+/m1/s1. The lowest BCUT2D eigenvalue weighted by atomic mass is 9.83. The highest BCUT2D eigenvalue weighted by Gasteiger charge is 2.52. The van der Waals surface area contributed by atoms with Gasteiger partial charge in [0.25, 0.3) is 11.8 Å². The molecule has 1 saturated heterocycles. The molecule has 216 valence electrons. The van der Waals surface area contributed by atoms with Crippen LogP contribution in [0.4, 0.5) is 11.4 Å². The first kappa shape index (κ1) is 29.6. The number of ether oxygens (including phenoxy) is 2. The van der Waals surface area contributed by atoms with Crippen LogP contribution < -0.4 is 15.0 Å². The van der Waals surface area contributed by atoms with Crippen LogP contribution in [0.3, 0.4) is 0 Å². The Kier molecular flexibility index (Phi) is 8.90. The first-order valence-electron chi connectivity index (χ1n) is 12.8. The molecule has 40 heavy (non-hydrogen) atoms. The molecule has 4 rings (SSSR count). The molecular weight excluding hydrogens is 524 g/mol. The van der Waals surface area contributed by atoms with Gasteiger partial charge < -0.3 is 50.3 Å². The number of fused-ring (bicyclic) bond motifs is 1. The minimum absolute atomic E-state index is 0.0517. The molecule has 2 aliphatic rings. The number of methoxy groups -OCH3 is 1. The van der Waals surface area contributed by atoms with Gasteiger partial charge in [-0.2, -0.15) is 0 Å². The Balaban J connectivity index is 1.52. The number of aliphatic hydroxyl groups is 6. The lowest BCUT2D eigenvalue weighted by molar-refractivity contribution is -0.274. The maximum atomic E-state index is 13.7. The molecule has 0 bridgehead atoms. The molecule has 0 aromatic heterocycles. The van der Waals surface area contributed by atoms with E-state index in [0.29, 0.717) is 34.7 Å². The molecule has 1 fully saturated rings. The monoisotopic (exact) mass is 558 g/mol. The van der Waals surface area contributed by atoms with E-state index in [9.17, 15) is 35.1 Å². The van der Waals surface area contributed by atoms with Crippen molar-refractivity contribution in [2.45, 2.75) is 56.2 Å². The maximum absolute atomic E-state index is 13.7. The minimum Gasteiger partial charge on any atom is -0.497 e. The molecule has 12 nitrogen and oxygen atoms in total. The number of nitrogens with zero attached hydrogens (tertiary/aromatic N) is 1. The number of amides is 2. The lowest BCUT2D eigenvalue weighted by Gasteiger charge is -2.37. The molecule has 0 saturated carbocycles. The lowest BCUT2D eigenvalue weighted by Crippen LogP contribution is -2.60. The van der Waals surface area contributed by atoms with E-state index in [1.165, 1.54) is 12.0 Å². The van der Waals surface area contributed by atoms with Crippen molar-refractivity contribution in [3.05, 3.63) is 65.7 Å². The topological polar surface area (TPSA) is 189 Å². The van der Waals surface area contributed by atoms with Crippen molar-refractivity contribution in [3.63, 3.8) is 0 Å². The van der Waals surface area contributed by atoms with E-state index in [0.717, 1.165) is 0 Å². The molecule has 7 N–H and O–H groups in total. The number of aliphatic hydroxyl groups excluding tert-OH is 5. The van der Waals surface area contributed by atoms with Gasteiger partial charge in [0.1, 0.15) is 24.1 Å². The van der Waals surface area contributed by atoms with E-state index in [2.05, 4.69) is 5.32 Å². The van der Waals surface area contributed by atoms with Crippen molar-refractivity contribution in [1.29, 1.82) is 0 Å². The van der Waals surface area contributed by atoms with Crippen LogP contribution in [0.5, 0.6) is 5.75 Å². The Hall–Kier alpha value is -3.36. The smallest absolute Gasteiger partial charge is 0.264 e. The molecule has 2 heterocycles. The summed E-state index contributed by atoms with van der Waals surface area (Å²) in [6.07, 6.45) is -4.93. The second-order valence-electron chi connectivity index (χ2n) is 9.88. The third-order valence-electron chi connectivity index (χ3n) is 7.26. The zero-order valence-corrected chi connectivity index (χ0v) is 22.0. The van der Waals surface area contributed by atoms with E-state index < -0.39 is 54.0 Å². The molecule has 0 unspecified atom stereocenters. The molecular formula is C28H34N2O10. The summed E-state index contributed by atoms with van der Waals surface area (Å²) in [5.41, 5.74) is 0.0755. The second kappa shape index (κ2) is 12.0. The summed E-state index contributed by atoms with van der Waals surface area (Å²) in [5, 5.41) is 62.5. The fraction of sp³-hybridized carbons (Fsp3) is 0.429. The third-order valence-corrected chi connectivity index (χ3v) is 7.26. The van der Waals surface area contributed by atoms with Gasteiger partial charge in [0, 0.05) is 23.8 Å². The Morgan fingerprint density at radius 2 is 1.82 bits per heavy atom. The van der Waals surface area contributed by atoms with Gasteiger partial charge in [-0.15, -0.1) is 0 Å². The summed E-state index contributed by atoms with van der Waals surface area (Å²) >= 11 is 0. The van der Waals surface area contributed by atoms with Gasteiger partial charge in [0.15, 0.2) is 18.0 Å². The van der Waals surface area contributed by atoms with Gasteiger partial charge in [-0.25, -0.2) is 0 Å². The van der Waals surface area contributed by atoms with E-state index >= 15 is 0 Å². The molecule has 2 aromatic carbocycles. The number of carbonyl (C=O) groups excluding carboxylic acids is 2. The fourth-order valence-electron chi connectivity index (χ4n) is 4.89. The van der Waals surface area contributed by atoms with Crippen LogP contribution in [0.2, 0.25) is 0 Å². The molecule has 0 aliphatic carbocycles.